The molecule has 0 rings (SSSR count). The number of carbonyl (C=O) groups is 1. The Morgan fingerprint density at radius 3 is 2.00 bits per heavy atom. The van der Waals surface area contributed by atoms with Gasteiger partial charge in [0.15, 0.2) is 6.67 Å². The van der Waals surface area contributed by atoms with Gasteiger partial charge in [-0.1, -0.05) is 0 Å². The van der Waals surface area contributed by atoms with Crippen LogP contribution in [0.3, 0.4) is 0 Å². The average Bonchev–Trinajstić information content (AvgIpc) is 1.38. The van der Waals surface area contributed by atoms with E-state index < -0.39 is 12.6 Å². The van der Waals surface area contributed by atoms with Gasteiger partial charge in [-0.2, -0.15) is 0 Å². The molecule has 4 heteroatoms. The van der Waals surface area contributed by atoms with E-state index in [0.29, 0.717) is 0 Å². The minimum atomic E-state index is -1.41. The van der Waals surface area contributed by atoms with E-state index in [1.165, 1.54) is 0 Å². The Morgan fingerprint density at radius 1 is 1.83 bits per heavy atom. The van der Waals surface area contributed by atoms with Crippen molar-refractivity contribution in [2.45, 2.75) is 0 Å². The fraction of sp³-hybridized carbons (Fsp3) is 0.500. The number of halogens is 1. The van der Waals surface area contributed by atoms with Crippen LogP contribution in [0.25, 0.3) is 0 Å². The smallest absolute Gasteiger partial charge is 0.335 e. The SMILES string of the molecule is O=C(O)CF.[Yb]. The molecule has 44 valence electrons. The summed E-state index contributed by atoms with van der Waals surface area (Å²) in [6, 6.07) is 0. The van der Waals surface area contributed by atoms with Gasteiger partial charge in [0.25, 0.3) is 0 Å². The fourth-order valence-corrected chi connectivity index (χ4v) is 0. The van der Waals surface area contributed by atoms with E-state index in [4.69, 9.17) is 9.90 Å². The molecule has 0 aromatic carbocycles. The van der Waals surface area contributed by atoms with E-state index in [0.717, 1.165) is 0 Å². The summed E-state index contributed by atoms with van der Waals surface area (Å²) in [5.74, 6) is -1.41. The summed E-state index contributed by atoms with van der Waals surface area (Å²) in [5.41, 5.74) is 0. The van der Waals surface area contributed by atoms with Crippen LogP contribution in [0.2, 0.25) is 0 Å². The fourth-order valence-electron chi connectivity index (χ4n) is 0. The first-order chi connectivity index (χ1) is 2.27. The second kappa shape index (κ2) is 5.92. The molecule has 0 amide bonds. The molecule has 6 heavy (non-hydrogen) atoms. The molecule has 0 aliphatic rings. The standard InChI is InChI=1S/C2H3FO2.Yb/c3-1-2(4)5;/h1H2,(H,4,5);. The van der Waals surface area contributed by atoms with Crippen molar-refractivity contribution in [3.8, 4) is 0 Å². The van der Waals surface area contributed by atoms with Crippen LogP contribution in [0.5, 0.6) is 0 Å². The van der Waals surface area contributed by atoms with E-state index in [2.05, 4.69) is 0 Å². The zero-order valence-corrected chi connectivity index (χ0v) is 4.42. The second-order valence-corrected chi connectivity index (χ2v) is 0.527. The molecule has 0 unspecified atom stereocenters. The number of carboxylic acids is 1. The van der Waals surface area contributed by atoms with E-state index in [1.54, 1.807) is 0 Å². The minimum absolute atomic E-state index is 0. The maximum atomic E-state index is 10.5. The van der Waals surface area contributed by atoms with Crippen LogP contribution in [0.4, 0.5) is 4.39 Å². The molecule has 0 radical (unpaired) electrons. The van der Waals surface area contributed by atoms with Gasteiger partial charge in [0.2, 0.25) is 0 Å². The van der Waals surface area contributed by atoms with E-state index in [-0.39, 0.29) is 46.9 Å². The maximum Gasteiger partial charge on any atom is 0.335 e. The van der Waals surface area contributed by atoms with Crippen molar-refractivity contribution in [2.24, 2.45) is 0 Å². The van der Waals surface area contributed by atoms with E-state index in [1.807, 2.05) is 0 Å². The third-order valence-electron chi connectivity index (χ3n) is 0.114. The molecule has 0 bridgehead atoms. The Labute approximate surface area is 73.0 Å². The van der Waals surface area contributed by atoms with Crippen LogP contribution in [-0.2, 0) is 4.79 Å². The van der Waals surface area contributed by atoms with Gasteiger partial charge in [-0.05, 0) is 0 Å². The van der Waals surface area contributed by atoms with Crippen LogP contribution in [0.15, 0.2) is 0 Å². The monoisotopic (exact) mass is 252 g/mol. The van der Waals surface area contributed by atoms with Crippen molar-refractivity contribution in [2.75, 3.05) is 6.67 Å². The van der Waals surface area contributed by atoms with Crippen molar-refractivity contribution in [1.82, 2.24) is 0 Å². The predicted octanol–water partition coefficient (Wildman–Crippen LogP) is 0.0405. The molecule has 0 aromatic heterocycles. The summed E-state index contributed by atoms with van der Waals surface area (Å²) in [7, 11) is 0. The van der Waals surface area contributed by atoms with Gasteiger partial charge < -0.3 is 5.11 Å². The van der Waals surface area contributed by atoms with Gasteiger partial charge in [0, 0.05) is 46.9 Å². The third kappa shape index (κ3) is 8.87. The van der Waals surface area contributed by atoms with Crippen molar-refractivity contribution in [1.29, 1.82) is 0 Å². The first kappa shape index (κ1) is 10.0. The summed E-state index contributed by atoms with van der Waals surface area (Å²) in [5, 5.41) is 7.35. The molecule has 0 aliphatic carbocycles. The van der Waals surface area contributed by atoms with Crippen molar-refractivity contribution >= 4 is 5.97 Å². The largest absolute Gasteiger partial charge is 0.479 e. The summed E-state index contributed by atoms with van der Waals surface area (Å²) in [6.45, 7) is -1.28. The van der Waals surface area contributed by atoms with Crippen LogP contribution in [0, 0.1) is 46.9 Å². The molecule has 2 nitrogen and oxygen atoms in total. The van der Waals surface area contributed by atoms with Crippen LogP contribution in [0.1, 0.15) is 0 Å². The molecular weight excluding hydrogens is 248 g/mol. The Morgan fingerprint density at radius 2 is 2.00 bits per heavy atom. The molecule has 1 N–H and O–H groups in total. The van der Waals surface area contributed by atoms with Gasteiger partial charge in [0.05, 0.1) is 0 Å². The maximum absolute atomic E-state index is 10.5. The molecule has 0 spiro atoms. The van der Waals surface area contributed by atoms with E-state index in [9.17, 15) is 4.39 Å². The predicted molar refractivity (Wildman–Crippen MR) is 13.6 cm³/mol. The second-order valence-electron chi connectivity index (χ2n) is 0.527. The number of alkyl halides is 1. The minimum Gasteiger partial charge on any atom is -0.479 e. The first-order valence-electron chi connectivity index (χ1n) is 1.05. The molecule has 0 aliphatic heterocycles. The molecule has 0 atom stereocenters. The first-order valence-corrected chi connectivity index (χ1v) is 1.05. The Bertz CT molecular complexity index is 46.8. The molecule has 0 saturated carbocycles. The van der Waals surface area contributed by atoms with Crippen LogP contribution >= 0.6 is 0 Å². The molecule has 0 aromatic rings. The Kier molecular flexibility index (Phi) is 9.88. The Hall–Kier alpha value is 0.919. The zero-order valence-electron chi connectivity index (χ0n) is 2.71. The summed E-state index contributed by atoms with van der Waals surface area (Å²) >= 11 is 0. The number of rotatable bonds is 1. The van der Waals surface area contributed by atoms with Gasteiger partial charge in [-0.25, -0.2) is 9.18 Å². The van der Waals surface area contributed by atoms with Crippen LogP contribution < -0.4 is 0 Å². The molecule has 0 heterocycles. The van der Waals surface area contributed by atoms with Crippen molar-refractivity contribution in [3.05, 3.63) is 0 Å². The summed E-state index contributed by atoms with van der Waals surface area (Å²) in [6.07, 6.45) is 0. The average molecular weight is 251 g/mol. The topological polar surface area (TPSA) is 37.3 Å². The Balaban J connectivity index is 0. The van der Waals surface area contributed by atoms with Crippen molar-refractivity contribution in [3.63, 3.8) is 0 Å². The molecular formula is C2H3FO2Yb. The quantitative estimate of drug-likeness (QED) is 0.714. The zero-order chi connectivity index (χ0) is 4.28. The van der Waals surface area contributed by atoms with E-state index >= 15 is 0 Å². The summed E-state index contributed by atoms with van der Waals surface area (Å²) in [4.78, 5) is 8.99. The van der Waals surface area contributed by atoms with Gasteiger partial charge >= 0.3 is 5.97 Å². The van der Waals surface area contributed by atoms with Crippen molar-refractivity contribution < 1.29 is 61.2 Å². The number of hydrogen-bond acceptors (Lipinski definition) is 1. The van der Waals surface area contributed by atoms with Gasteiger partial charge in [0.1, 0.15) is 0 Å². The molecule has 0 saturated heterocycles. The summed E-state index contributed by atoms with van der Waals surface area (Å²) < 4.78 is 10.5. The number of carboxylic acid groups (broad SMARTS) is 1. The number of aliphatic carboxylic acids is 1. The van der Waals surface area contributed by atoms with Crippen LogP contribution in [-0.4, -0.2) is 17.8 Å². The normalized spacial score (nSPS) is 6.17. The van der Waals surface area contributed by atoms with Gasteiger partial charge in [-0.15, -0.1) is 0 Å². The molecule has 0 fully saturated rings. The number of hydrogen-bond donors (Lipinski definition) is 1. The van der Waals surface area contributed by atoms with Gasteiger partial charge in [-0.3, -0.25) is 0 Å². The third-order valence-corrected chi connectivity index (χ3v) is 0.114.